The van der Waals surface area contributed by atoms with Crippen LogP contribution in [0.2, 0.25) is 0 Å². The highest BCUT2D eigenvalue weighted by Crippen LogP contribution is 2.25. The fourth-order valence-electron chi connectivity index (χ4n) is 3.55. The predicted octanol–water partition coefficient (Wildman–Crippen LogP) is 4.05. The molecular formula is C22H25F3N2O4S. The smallest absolute Gasteiger partial charge is 0.393 e. The van der Waals surface area contributed by atoms with Crippen LogP contribution in [0.1, 0.15) is 29.6 Å². The Morgan fingerprint density at radius 1 is 1.16 bits per heavy atom. The maximum atomic E-state index is 12.8. The molecule has 1 N–H and O–H groups in total. The van der Waals surface area contributed by atoms with E-state index in [2.05, 4.69) is 4.72 Å². The van der Waals surface area contributed by atoms with Gasteiger partial charge in [-0.1, -0.05) is 28.5 Å². The molecule has 1 heterocycles. The highest BCUT2D eigenvalue weighted by Gasteiger charge is 2.34. The molecule has 1 unspecified atom stereocenters. The number of hydrogen-bond donors (Lipinski definition) is 1. The monoisotopic (exact) mass is 470 g/mol. The maximum Gasteiger partial charge on any atom is 0.393 e. The van der Waals surface area contributed by atoms with Crippen LogP contribution in [0, 0.1) is 0 Å². The summed E-state index contributed by atoms with van der Waals surface area (Å²) in [6, 6.07) is 14.3. The van der Waals surface area contributed by atoms with E-state index in [1.807, 2.05) is 36.4 Å². The van der Waals surface area contributed by atoms with E-state index in [0.717, 1.165) is 16.9 Å². The number of likely N-dealkylation sites (tertiary alicyclic amines) is 1. The Balaban J connectivity index is 1.54. The zero-order valence-electron chi connectivity index (χ0n) is 17.6. The van der Waals surface area contributed by atoms with Crippen molar-refractivity contribution in [1.29, 1.82) is 0 Å². The van der Waals surface area contributed by atoms with Gasteiger partial charge >= 0.3 is 6.18 Å². The molecule has 2 aromatic rings. The van der Waals surface area contributed by atoms with E-state index in [1.54, 1.807) is 24.1 Å². The lowest BCUT2D eigenvalue weighted by atomic mass is 10.0. The number of piperidine rings is 1. The minimum atomic E-state index is -4.52. The number of carbonyl (C=O) groups excluding carboxylic acids is 1. The molecule has 0 aromatic heterocycles. The van der Waals surface area contributed by atoms with Gasteiger partial charge in [-0.05, 0) is 48.2 Å². The van der Waals surface area contributed by atoms with Gasteiger partial charge in [-0.15, -0.1) is 4.72 Å². The zero-order valence-corrected chi connectivity index (χ0v) is 18.4. The highest BCUT2D eigenvalue weighted by molar-refractivity contribution is 7.95. The number of nitrogens with zero attached hydrogens (tertiary/aromatic N) is 1. The third-order valence-corrected chi connectivity index (χ3v) is 6.75. The number of amides is 1. The summed E-state index contributed by atoms with van der Waals surface area (Å²) in [5, 5.41) is 0. The normalized spacial score (nSPS) is 17.1. The van der Waals surface area contributed by atoms with Gasteiger partial charge in [0.15, 0.2) is 0 Å². The van der Waals surface area contributed by atoms with Crippen LogP contribution in [0.5, 0.6) is 5.75 Å². The number of hydrogen-bond acceptors (Lipinski definition) is 4. The van der Waals surface area contributed by atoms with Crippen molar-refractivity contribution in [1.82, 2.24) is 9.62 Å². The van der Waals surface area contributed by atoms with Crippen molar-refractivity contribution < 1.29 is 31.5 Å². The van der Waals surface area contributed by atoms with Crippen LogP contribution < -0.4 is 9.46 Å². The number of benzene rings is 2. The van der Waals surface area contributed by atoms with Crippen molar-refractivity contribution in [2.45, 2.75) is 31.5 Å². The average Bonchev–Trinajstić information content (AvgIpc) is 2.77. The first-order valence-electron chi connectivity index (χ1n) is 10.2. The van der Waals surface area contributed by atoms with Crippen molar-refractivity contribution in [2.24, 2.45) is 0 Å². The fraction of sp³-hybridized carbons (Fsp3) is 0.409. The van der Waals surface area contributed by atoms with E-state index < -0.39 is 34.8 Å². The summed E-state index contributed by atoms with van der Waals surface area (Å²) < 4.78 is 68.1. The van der Waals surface area contributed by atoms with Gasteiger partial charge < -0.3 is 14.2 Å². The highest BCUT2D eigenvalue weighted by atomic mass is 32.3. The largest absolute Gasteiger partial charge is 0.598 e. The van der Waals surface area contributed by atoms with Crippen molar-refractivity contribution in [3.63, 3.8) is 0 Å². The predicted molar refractivity (Wildman–Crippen MR) is 115 cm³/mol. The van der Waals surface area contributed by atoms with Crippen LogP contribution >= 0.6 is 0 Å². The Labute approximate surface area is 186 Å². The van der Waals surface area contributed by atoms with Gasteiger partial charge in [-0.3, -0.25) is 4.79 Å². The van der Waals surface area contributed by atoms with Crippen LogP contribution in [0.4, 0.5) is 13.2 Å². The average molecular weight is 471 g/mol. The SMILES string of the molecule is COc1cccc(-c2ccc(C(=O)N3CCC(N[S+](=O)([O-])CCC(F)(F)F)CC3)cc2)c1. The Kier molecular flexibility index (Phi) is 7.58. The van der Waals surface area contributed by atoms with Crippen molar-refractivity contribution in [2.75, 3.05) is 26.0 Å². The molecular weight excluding hydrogens is 445 g/mol. The van der Waals surface area contributed by atoms with Gasteiger partial charge in [0.25, 0.3) is 5.91 Å². The molecule has 0 bridgehead atoms. The van der Waals surface area contributed by atoms with Gasteiger partial charge in [0.2, 0.25) is 0 Å². The van der Waals surface area contributed by atoms with Crippen molar-refractivity contribution >= 4 is 16.3 Å². The van der Waals surface area contributed by atoms with Gasteiger partial charge in [0, 0.05) is 18.7 Å². The quantitative estimate of drug-likeness (QED) is 0.619. The van der Waals surface area contributed by atoms with Crippen molar-refractivity contribution in [3.05, 3.63) is 54.1 Å². The molecule has 1 atom stereocenters. The Hall–Kier alpha value is -2.43. The molecule has 174 valence electrons. The Morgan fingerprint density at radius 3 is 2.41 bits per heavy atom. The first-order valence-corrected chi connectivity index (χ1v) is 11.8. The molecule has 2 aromatic carbocycles. The summed E-state index contributed by atoms with van der Waals surface area (Å²) in [6.07, 6.45) is -5.21. The minimum absolute atomic E-state index is 0.166. The van der Waals surface area contributed by atoms with Gasteiger partial charge in [0.05, 0.1) is 19.6 Å². The lowest BCUT2D eigenvalue weighted by molar-refractivity contribution is -0.130. The molecule has 3 rings (SSSR count). The van der Waals surface area contributed by atoms with E-state index >= 15 is 0 Å². The zero-order chi connectivity index (χ0) is 23.4. The summed E-state index contributed by atoms with van der Waals surface area (Å²) in [5.41, 5.74) is 2.41. The minimum Gasteiger partial charge on any atom is -0.598 e. The lowest BCUT2D eigenvalue weighted by Crippen LogP contribution is -2.49. The third kappa shape index (κ3) is 6.78. The summed E-state index contributed by atoms with van der Waals surface area (Å²) in [5.74, 6) is -0.421. The van der Waals surface area contributed by atoms with Gasteiger partial charge in [-0.2, -0.15) is 13.2 Å². The van der Waals surface area contributed by atoms with Gasteiger partial charge in [0.1, 0.15) is 21.9 Å². The second-order valence-electron chi connectivity index (χ2n) is 7.68. The molecule has 0 saturated carbocycles. The number of carbonyl (C=O) groups is 1. The third-order valence-electron chi connectivity index (χ3n) is 5.32. The number of rotatable bonds is 7. The molecule has 1 saturated heterocycles. The molecule has 0 radical (unpaired) electrons. The second kappa shape index (κ2) is 10.0. The number of sulfonamides is 1. The standard InChI is InChI=1S/C22H25F3N2O4S/c1-31-20-4-2-3-18(15-20)16-5-7-17(8-6-16)21(28)27-12-9-19(10-13-27)26-32(29,30)14-11-22(23,24)25/h2-8,15,19H,9-14H2,1H3,(H-,26,29,30). The second-order valence-corrected chi connectivity index (χ2v) is 9.55. The summed E-state index contributed by atoms with van der Waals surface area (Å²) in [4.78, 5) is 14.4. The number of methoxy groups -OCH3 is 1. The van der Waals surface area contributed by atoms with E-state index in [9.17, 15) is 26.7 Å². The topological polar surface area (TPSA) is 81.7 Å². The maximum absolute atomic E-state index is 12.8. The van der Waals surface area contributed by atoms with E-state index in [1.165, 1.54) is 0 Å². The molecule has 32 heavy (non-hydrogen) atoms. The van der Waals surface area contributed by atoms with E-state index in [4.69, 9.17) is 4.74 Å². The first kappa shape index (κ1) is 24.2. The number of ether oxygens (including phenoxy) is 1. The summed E-state index contributed by atoms with van der Waals surface area (Å²) in [7, 11) is -2.43. The van der Waals surface area contributed by atoms with Crippen LogP contribution in [0.3, 0.4) is 0 Å². The molecule has 0 spiro atoms. The van der Waals surface area contributed by atoms with Crippen LogP contribution in [-0.2, 0) is 14.6 Å². The van der Waals surface area contributed by atoms with E-state index in [0.29, 0.717) is 31.5 Å². The Morgan fingerprint density at radius 2 is 1.81 bits per heavy atom. The first-order chi connectivity index (χ1) is 15.1. The molecule has 1 amide bonds. The molecule has 1 fully saturated rings. The number of alkyl halides is 3. The number of halogens is 3. The molecule has 1 aliphatic rings. The Bertz CT molecular complexity index is 974. The molecule has 10 heteroatoms. The van der Waals surface area contributed by atoms with Gasteiger partial charge in [-0.25, -0.2) is 0 Å². The van der Waals surface area contributed by atoms with E-state index in [-0.39, 0.29) is 5.91 Å². The summed E-state index contributed by atoms with van der Waals surface area (Å²) >= 11 is 0. The number of nitrogens with one attached hydrogen (secondary N) is 1. The summed E-state index contributed by atoms with van der Waals surface area (Å²) in [6.45, 7) is 0.645. The van der Waals surface area contributed by atoms with Crippen LogP contribution in [0.25, 0.3) is 11.1 Å². The van der Waals surface area contributed by atoms with Crippen molar-refractivity contribution in [3.8, 4) is 16.9 Å². The molecule has 0 aliphatic carbocycles. The lowest BCUT2D eigenvalue weighted by Gasteiger charge is -2.33. The molecule has 1 aliphatic heterocycles. The fourth-order valence-corrected chi connectivity index (χ4v) is 4.92. The molecule has 6 nitrogen and oxygen atoms in total. The van der Waals surface area contributed by atoms with Crippen LogP contribution in [-0.4, -0.2) is 53.5 Å². The van der Waals surface area contributed by atoms with Crippen LogP contribution in [0.15, 0.2) is 48.5 Å².